The molecule has 2 aromatic rings. The predicted octanol–water partition coefficient (Wildman–Crippen LogP) is 1.77. The number of hydrogen-bond acceptors (Lipinski definition) is 15. The number of aromatic nitrogens is 4. The number of carbonyl (C=O) groups excluding carboxylic acids is 8. The highest BCUT2D eigenvalue weighted by atomic mass is 32.2. The molecule has 0 radical (unpaired) electrons. The number of nitrogens with zero attached hydrogens (tertiary/aromatic N) is 4. The molecule has 7 N–H and O–H groups in total. The second-order valence-corrected chi connectivity index (χ2v) is 19.5. The number of halogens is 2. The molecule has 21 nitrogen and oxygen atoms in total. The zero-order valence-corrected chi connectivity index (χ0v) is 38.8. The van der Waals surface area contributed by atoms with Crippen LogP contribution in [0.2, 0.25) is 0 Å². The zero-order valence-electron chi connectivity index (χ0n) is 37.2. The molecule has 2 heterocycles. The van der Waals surface area contributed by atoms with Gasteiger partial charge < -0.3 is 31.9 Å². The topological polar surface area (TPSA) is 306 Å². The minimum Gasteiger partial charge on any atom is -0.344 e. The van der Waals surface area contributed by atoms with Crippen LogP contribution in [0.15, 0.2) is 22.9 Å². The number of alkyl halides is 2. The lowest BCUT2D eigenvalue weighted by molar-refractivity contribution is -0.141. The van der Waals surface area contributed by atoms with E-state index in [1.165, 1.54) is 18.6 Å². The molecule has 0 bridgehead atoms. The molecule has 25 heteroatoms. The van der Waals surface area contributed by atoms with Crippen molar-refractivity contribution in [3.05, 3.63) is 24.3 Å². The van der Waals surface area contributed by atoms with Gasteiger partial charge in [0.2, 0.25) is 41.0 Å². The van der Waals surface area contributed by atoms with Crippen molar-refractivity contribution in [3.8, 4) is 0 Å². The molecule has 5 atom stereocenters. The molecule has 0 aliphatic heterocycles. The van der Waals surface area contributed by atoms with Crippen LogP contribution in [0.3, 0.4) is 0 Å². The highest BCUT2D eigenvalue weighted by Gasteiger charge is 2.37. The summed E-state index contributed by atoms with van der Waals surface area (Å²) in [6, 6.07) is -5.92. The van der Waals surface area contributed by atoms with Gasteiger partial charge in [-0.2, -0.15) is 8.42 Å². The lowest BCUT2D eigenvalue weighted by Crippen LogP contribution is -2.60. The van der Waals surface area contributed by atoms with Crippen molar-refractivity contribution in [2.45, 2.75) is 141 Å². The number of ketones is 1. The Bertz CT molecular complexity index is 2090. The van der Waals surface area contributed by atoms with Gasteiger partial charge in [0.25, 0.3) is 32.1 Å². The number of sulfonamides is 1. The third-order valence-electron chi connectivity index (χ3n) is 10.2. The van der Waals surface area contributed by atoms with Crippen molar-refractivity contribution in [2.24, 2.45) is 23.7 Å². The van der Waals surface area contributed by atoms with Crippen molar-refractivity contribution in [1.82, 2.24) is 51.5 Å². The quantitative estimate of drug-likeness (QED) is 0.0552. The SMILES string of the molecule is CCC(C)C(NC(=O)C(CC(C)C)NC(=O)c1cnccn1)C(=O)NC(CC1CCCCC1)C(=O)NC(CC(F)F)C(=O)C(=O)NCC(=O)NS(=O)(=O)c1nnc(NC(=O)CC(C)C)s1. The van der Waals surface area contributed by atoms with Crippen molar-refractivity contribution in [3.63, 3.8) is 0 Å². The second kappa shape index (κ2) is 25.8. The van der Waals surface area contributed by atoms with Crippen LogP contribution in [0.5, 0.6) is 0 Å². The molecule has 3 rings (SSSR count). The molecule has 2 aromatic heterocycles. The van der Waals surface area contributed by atoms with E-state index in [-0.39, 0.29) is 47.8 Å². The molecular weight excluding hydrogens is 897 g/mol. The van der Waals surface area contributed by atoms with Crippen LogP contribution in [0.1, 0.15) is 116 Å². The monoisotopic (exact) mass is 955 g/mol. The number of amides is 7. The number of Topliss-reactive ketones (excluding diaryl/α,β-unsaturated/α-hetero) is 1. The molecule has 1 saturated carbocycles. The molecule has 65 heavy (non-hydrogen) atoms. The van der Waals surface area contributed by atoms with E-state index in [2.05, 4.69) is 46.7 Å². The molecule has 1 aliphatic carbocycles. The standard InChI is InChI=1S/C40H59F2N11O10S2/c1-7-23(6)32(50-35(58)26(15-21(2)3)47-36(59)28-19-43-13-14-44-28)37(60)48-27(17-24-11-9-8-10-12-24)34(57)46-25(18-29(41)42)33(56)38(61)45-20-31(55)53-65(62,63)40-52-51-39(64-40)49-30(54)16-22(4)5/h13-14,19,21-27,29,32H,7-12,15-18,20H2,1-6H3,(H,45,61)(H,46,57)(H,47,59)(H,48,60)(H,50,58)(H,53,55)(H,49,51,54). The molecule has 1 aliphatic rings. The number of carbonyl (C=O) groups is 8. The highest BCUT2D eigenvalue weighted by Crippen LogP contribution is 2.28. The first-order valence-corrected chi connectivity index (χ1v) is 23.7. The van der Waals surface area contributed by atoms with Gasteiger partial charge in [-0.15, -0.1) is 10.2 Å². The summed E-state index contributed by atoms with van der Waals surface area (Å²) in [5.41, 5.74) is -0.0371. The maximum Gasteiger partial charge on any atom is 0.293 e. The molecule has 360 valence electrons. The van der Waals surface area contributed by atoms with E-state index in [1.54, 1.807) is 32.4 Å². The van der Waals surface area contributed by atoms with Crippen LogP contribution in [-0.2, 0) is 43.6 Å². The maximum absolute atomic E-state index is 14.1. The van der Waals surface area contributed by atoms with E-state index in [1.807, 2.05) is 19.2 Å². The predicted molar refractivity (Wildman–Crippen MR) is 231 cm³/mol. The van der Waals surface area contributed by atoms with E-state index in [0.717, 1.165) is 19.3 Å². The van der Waals surface area contributed by atoms with Gasteiger partial charge in [0.15, 0.2) is 0 Å². The van der Waals surface area contributed by atoms with Gasteiger partial charge >= 0.3 is 0 Å². The van der Waals surface area contributed by atoms with Crippen LogP contribution in [-0.4, -0.2) is 113 Å². The average molecular weight is 956 g/mol. The van der Waals surface area contributed by atoms with E-state index in [4.69, 9.17) is 0 Å². The van der Waals surface area contributed by atoms with E-state index in [0.29, 0.717) is 30.6 Å². The Hall–Kier alpha value is -5.59. The smallest absolute Gasteiger partial charge is 0.293 e. The van der Waals surface area contributed by atoms with E-state index >= 15 is 0 Å². The van der Waals surface area contributed by atoms with Gasteiger partial charge in [0, 0.05) is 25.2 Å². The molecule has 0 saturated heterocycles. The summed E-state index contributed by atoms with van der Waals surface area (Å²) in [4.78, 5) is 113. The summed E-state index contributed by atoms with van der Waals surface area (Å²) in [7, 11) is -4.67. The summed E-state index contributed by atoms with van der Waals surface area (Å²) in [5.74, 6) is -8.94. The van der Waals surface area contributed by atoms with Gasteiger partial charge in [0.05, 0.1) is 12.7 Å². The molecule has 7 amide bonds. The van der Waals surface area contributed by atoms with Crippen molar-refractivity contribution in [2.75, 3.05) is 11.9 Å². The fourth-order valence-corrected chi connectivity index (χ4v) is 8.69. The van der Waals surface area contributed by atoms with Crippen molar-refractivity contribution < 1.29 is 55.6 Å². The van der Waals surface area contributed by atoms with Gasteiger partial charge in [-0.3, -0.25) is 43.3 Å². The number of hydrogen-bond donors (Lipinski definition) is 7. The summed E-state index contributed by atoms with van der Waals surface area (Å²) in [5, 5.41) is 21.2. The van der Waals surface area contributed by atoms with E-state index in [9.17, 15) is 55.6 Å². The Morgan fingerprint density at radius 2 is 1.45 bits per heavy atom. The van der Waals surface area contributed by atoms with Crippen LogP contribution in [0.4, 0.5) is 13.9 Å². The third-order valence-corrected chi connectivity index (χ3v) is 12.8. The summed E-state index contributed by atoms with van der Waals surface area (Å²) in [6.07, 6.45) is 4.04. The largest absolute Gasteiger partial charge is 0.344 e. The van der Waals surface area contributed by atoms with Crippen molar-refractivity contribution in [1.29, 1.82) is 0 Å². The molecule has 0 aromatic carbocycles. The molecule has 0 spiro atoms. The van der Waals surface area contributed by atoms with Gasteiger partial charge in [-0.25, -0.2) is 18.5 Å². The first-order valence-electron chi connectivity index (χ1n) is 21.4. The molecule has 1 fully saturated rings. The van der Waals surface area contributed by atoms with Crippen molar-refractivity contribution >= 4 is 73.6 Å². The van der Waals surface area contributed by atoms with Crippen LogP contribution < -0.4 is 36.6 Å². The lowest BCUT2D eigenvalue weighted by atomic mass is 9.84. The Kier molecular flexibility index (Phi) is 21.3. The number of anilines is 1. The number of nitrogens with one attached hydrogen (secondary N) is 7. The number of rotatable bonds is 25. The normalized spacial score (nSPS) is 15.5. The first kappa shape index (κ1) is 53.7. The van der Waals surface area contributed by atoms with Crippen LogP contribution in [0.25, 0.3) is 0 Å². The Balaban J connectivity index is 1.75. The maximum atomic E-state index is 14.1. The van der Waals surface area contributed by atoms with Gasteiger partial charge in [-0.1, -0.05) is 91.4 Å². The minimum absolute atomic E-state index is 0.00428. The summed E-state index contributed by atoms with van der Waals surface area (Å²) >= 11 is 0.437. The van der Waals surface area contributed by atoms with Gasteiger partial charge in [-0.05, 0) is 36.5 Å². The lowest BCUT2D eigenvalue weighted by Gasteiger charge is -2.31. The van der Waals surface area contributed by atoms with E-state index < -0.39 is 111 Å². The Morgan fingerprint density at radius 1 is 0.785 bits per heavy atom. The summed E-state index contributed by atoms with van der Waals surface area (Å²) in [6.45, 7) is 9.57. The Labute approximate surface area is 380 Å². The first-order chi connectivity index (χ1) is 30.6. The minimum atomic E-state index is -4.67. The summed E-state index contributed by atoms with van der Waals surface area (Å²) < 4.78 is 54.1. The van der Waals surface area contributed by atoms with Gasteiger partial charge in [0.1, 0.15) is 29.9 Å². The average Bonchev–Trinajstić information content (AvgIpc) is 3.72. The molecular formula is C40H59F2N11O10S2. The zero-order chi connectivity index (χ0) is 48.4. The second-order valence-electron chi connectivity index (χ2n) is 16.7. The third kappa shape index (κ3) is 18.1. The fourth-order valence-electron chi connectivity index (χ4n) is 6.78. The highest BCUT2D eigenvalue weighted by molar-refractivity contribution is 7.92. The van der Waals surface area contributed by atoms with Crippen LogP contribution >= 0.6 is 11.3 Å². The fraction of sp³-hybridized carbons (Fsp3) is 0.650. The molecule has 5 unspecified atom stereocenters. The Morgan fingerprint density at radius 3 is 2.05 bits per heavy atom. The van der Waals surface area contributed by atoms with Crippen LogP contribution in [0, 0.1) is 23.7 Å².